The van der Waals surface area contributed by atoms with E-state index in [0.717, 1.165) is 55.8 Å². The van der Waals surface area contributed by atoms with E-state index >= 15 is 0 Å². The van der Waals surface area contributed by atoms with E-state index in [2.05, 4.69) is 86.1 Å². The van der Waals surface area contributed by atoms with Gasteiger partial charge in [-0.3, -0.25) is 9.69 Å². The van der Waals surface area contributed by atoms with Crippen LogP contribution in [-0.2, 0) is 17.8 Å². The number of anilines is 2. The largest absolute Gasteiger partial charge is 0.380 e. The van der Waals surface area contributed by atoms with Crippen LogP contribution in [0.2, 0.25) is 0 Å². The maximum atomic E-state index is 13.7. The Labute approximate surface area is 212 Å². The summed E-state index contributed by atoms with van der Waals surface area (Å²) in [6.07, 6.45) is 3.94. The minimum atomic E-state index is -0.215. The Bertz CT molecular complexity index is 1330. The molecule has 1 saturated heterocycles. The number of carbonyl (C=O) groups excluding carboxylic acids is 1. The molecule has 6 heteroatoms. The molecule has 0 spiro atoms. The number of hydrogen-bond acceptors (Lipinski definition) is 4. The molecule has 1 aromatic heterocycles. The topological polar surface area (TPSA) is 63.4 Å². The first-order valence-corrected chi connectivity index (χ1v) is 13.0. The van der Waals surface area contributed by atoms with Gasteiger partial charge in [0.15, 0.2) is 0 Å². The smallest absolute Gasteiger partial charge is 0.239 e. The van der Waals surface area contributed by atoms with E-state index in [1.165, 1.54) is 16.6 Å². The molecule has 2 aliphatic heterocycles. The molecule has 2 atom stereocenters. The second-order valence-corrected chi connectivity index (χ2v) is 9.83. The first-order chi connectivity index (χ1) is 17.8. The number of amides is 1. The Morgan fingerprint density at radius 1 is 0.917 bits per heavy atom. The maximum Gasteiger partial charge on any atom is 0.239 e. The van der Waals surface area contributed by atoms with E-state index in [1.807, 2.05) is 24.4 Å². The van der Waals surface area contributed by atoms with Crippen molar-refractivity contribution in [3.63, 3.8) is 0 Å². The number of aryl methyl sites for hydroxylation is 1. The molecule has 0 saturated carbocycles. The summed E-state index contributed by atoms with van der Waals surface area (Å²) in [6, 6.07) is 27.1. The van der Waals surface area contributed by atoms with Crippen LogP contribution in [0.15, 0.2) is 85.1 Å². The third-order valence-corrected chi connectivity index (χ3v) is 7.66. The number of para-hydroxylation sites is 1. The van der Waals surface area contributed by atoms with Gasteiger partial charge in [0.05, 0.1) is 6.04 Å². The van der Waals surface area contributed by atoms with Gasteiger partial charge in [-0.15, -0.1) is 0 Å². The molecule has 0 aliphatic carbocycles. The van der Waals surface area contributed by atoms with Crippen LogP contribution in [0.4, 0.5) is 11.4 Å². The van der Waals surface area contributed by atoms with Crippen LogP contribution < -0.4 is 15.5 Å². The van der Waals surface area contributed by atoms with Gasteiger partial charge in [0, 0.05) is 61.2 Å². The van der Waals surface area contributed by atoms with Crippen molar-refractivity contribution in [2.75, 3.05) is 36.4 Å². The Hall–Kier alpha value is -3.77. The molecule has 3 heterocycles. The van der Waals surface area contributed by atoms with Crippen molar-refractivity contribution in [1.82, 2.24) is 15.2 Å². The number of rotatable bonds is 6. The van der Waals surface area contributed by atoms with Crippen molar-refractivity contribution in [3.8, 4) is 0 Å². The highest BCUT2D eigenvalue weighted by Crippen LogP contribution is 2.30. The number of benzene rings is 3. The third-order valence-electron chi connectivity index (χ3n) is 7.66. The van der Waals surface area contributed by atoms with Gasteiger partial charge < -0.3 is 20.5 Å². The summed E-state index contributed by atoms with van der Waals surface area (Å²) in [5.41, 5.74) is 6.05. The van der Waals surface area contributed by atoms with E-state index in [-0.39, 0.29) is 18.0 Å². The molecule has 0 bridgehead atoms. The van der Waals surface area contributed by atoms with Crippen LogP contribution in [0.1, 0.15) is 17.5 Å². The standard InChI is InChI=1S/C30H33N5O/c36-30(32-21-22-7-2-1-3-8-22)29(27-14-13-23-9-4-5-10-25(23)33-27)35-19-17-34(18-20-35)28-12-6-11-26-24(28)15-16-31-26/h1-12,15-16,27,29,31,33H,13-14,17-21H2,(H,32,36). The van der Waals surface area contributed by atoms with E-state index < -0.39 is 0 Å². The Morgan fingerprint density at radius 3 is 2.58 bits per heavy atom. The molecule has 36 heavy (non-hydrogen) atoms. The molecule has 4 aromatic rings. The van der Waals surface area contributed by atoms with Crippen LogP contribution >= 0.6 is 0 Å². The highest BCUT2D eigenvalue weighted by Gasteiger charge is 2.37. The van der Waals surface area contributed by atoms with Gasteiger partial charge in [-0.2, -0.15) is 0 Å². The average Bonchev–Trinajstić information content (AvgIpc) is 3.42. The first kappa shape index (κ1) is 22.7. The second kappa shape index (κ2) is 10.1. The van der Waals surface area contributed by atoms with Crippen molar-refractivity contribution in [1.29, 1.82) is 0 Å². The van der Waals surface area contributed by atoms with Crippen molar-refractivity contribution < 1.29 is 4.79 Å². The molecule has 0 radical (unpaired) electrons. The summed E-state index contributed by atoms with van der Waals surface area (Å²) in [5.74, 6) is 0.108. The predicted octanol–water partition coefficient (Wildman–Crippen LogP) is 4.40. The summed E-state index contributed by atoms with van der Waals surface area (Å²) < 4.78 is 0. The van der Waals surface area contributed by atoms with Gasteiger partial charge in [-0.25, -0.2) is 0 Å². The summed E-state index contributed by atoms with van der Waals surface area (Å²) in [7, 11) is 0. The quantitative estimate of drug-likeness (QED) is 0.384. The maximum absolute atomic E-state index is 13.7. The Kier molecular flexibility index (Phi) is 6.35. The van der Waals surface area contributed by atoms with Gasteiger partial charge >= 0.3 is 0 Å². The second-order valence-electron chi connectivity index (χ2n) is 9.83. The van der Waals surface area contributed by atoms with Gasteiger partial charge in [0.2, 0.25) is 5.91 Å². The minimum Gasteiger partial charge on any atom is -0.380 e. The summed E-state index contributed by atoms with van der Waals surface area (Å²) in [6.45, 7) is 4.05. The molecule has 1 amide bonds. The lowest BCUT2D eigenvalue weighted by atomic mass is 9.92. The molecule has 2 unspecified atom stereocenters. The van der Waals surface area contributed by atoms with Crippen molar-refractivity contribution >= 4 is 28.2 Å². The van der Waals surface area contributed by atoms with Gasteiger partial charge in [-0.1, -0.05) is 54.6 Å². The fourth-order valence-corrected chi connectivity index (χ4v) is 5.78. The van der Waals surface area contributed by atoms with E-state index in [0.29, 0.717) is 6.54 Å². The number of nitrogens with one attached hydrogen (secondary N) is 3. The summed E-state index contributed by atoms with van der Waals surface area (Å²) in [5, 5.41) is 8.22. The molecule has 6 rings (SSSR count). The summed E-state index contributed by atoms with van der Waals surface area (Å²) >= 11 is 0. The first-order valence-electron chi connectivity index (χ1n) is 13.0. The lowest BCUT2D eigenvalue weighted by Crippen LogP contribution is -2.61. The summed E-state index contributed by atoms with van der Waals surface area (Å²) in [4.78, 5) is 21.9. The molecule has 3 N–H and O–H groups in total. The van der Waals surface area contributed by atoms with Crippen LogP contribution in [0.5, 0.6) is 0 Å². The number of piperazine rings is 1. The molecular formula is C30H33N5O. The zero-order chi connectivity index (χ0) is 24.3. The zero-order valence-corrected chi connectivity index (χ0v) is 20.5. The van der Waals surface area contributed by atoms with Crippen LogP contribution in [0.3, 0.4) is 0 Å². The number of nitrogens with zero attached hydrogens (tertiary/aromatic N) is 2. The molecule has 2 aliphatic rings. The van der Waals surface area contributed by atoms with Crippen LogP contribution in [-0.4, -0.2) is 54.1 Å². The lowest BCUT2D eigenvalue weighted by molar-refractivity contribution is -0.127. The zero-order valence-electron chi connectivity index (χ0n) is 20.5. The Morgan fingerprint density at radius 2 is 1.72 bits per heavy atom. The normalized spacial score (nSPS) is 18.9. The average molecular weight is 480 g/mol. The highest BCUT2D eigenvalue weighted by atomic mass is 16.2. The van der Waals surface area contributed by atoms with Gasteiger partial charge in [0.25, 0.3) is 0 Å². The van der Waals surface area contributed by atoms with Crippen LogP contribution in [0, 0.1) is 0 Å². The fourth-order valence-electron chi connectivity index (χ4n) is 5.78. The molecular weight excluding hydrogens is 446 g/mol. The van der Waals surface area contributed by atoms with E-state index in [1.54, 1.807) is 0 Å². The molecule has 184 valence electrons. The number of aromatic amines is 1. The number of H-pyrrole nitrogens is 1. The lowest BCUT2D eigenvalue weighted by Gasteiger charge is -2.43. The molecule has 1 fully saturated rings. The van der Waals surface area contributed by atoms with E-state index in [9.17, 15) is 4.79 Å². The number of fused-ring (bicyclic) bond motifs is 2. The van der Waals surface area contributed by atoms with Crippen molar-refractivity contribution in [3.05, 3.63) is 96.2 Å². The molecule has 3 aromatic carbocycles. The molecule has 6 nitrogen and oxygen atoms in total. The van der Waals surface area contributed by atoms with Crippen LogP contribution in [0.25, 0.3) is 10.9 Å². The van der Waals surface area contributed by atoms with Gasteiger partial charge in [-0.05, 0) is 48.2 Å². The number of carbonyl (C=O) groups is 1. The SMILES string of the molecule is O=C(NCc1ccccc1)C(C1CCc2ccccc2N1)N1CCN(c2cccc3[nH]ccc23)CC1. The third kappa shape index (κ3) is 4.56. The number of aromatic nitrogens is 1. The number of hydrogen-bond donors (Lipinski definition) is 3. The van der Waals surface area contributed by atoms with Crippen molar-refractivity contribution in [2.24, 2.45) is 0 Å². The van der Waals surface area contributed by atoms with Crippen molar-refractivity contribution in [2.45, 2.75) is 31.5 Å². The minimum absolute atomic E-state index is 0.0790. The predicted molar refractivity (Wildman–Crippen MR) is 146 cm³/mol. The van der Waals surface area contributed by atoms with Gasteiger partial charge in [0.1, 0.15) is 6.04 Å². The monoisotopic (exact) mass is 479 g/mol. The van der Waals surface area contributed by atoms with E-state index in [4.69, 9.17) is 0 Å². The highest BCUT2D eigenvalue weighted by molar-refractivity contribution is 5.92. The fraction of sp³-hybridized carbons (Fsp3) is 0.300. The Balaban J connectivity index is 1.20.